The van der Waals surface area contributed by atoms with E-state index in [1.807, 2.05) is 0 Å². The quantitative estimate of drug-likeness (QED) is 0.866. The largest absolute Gasteiger partial charge is 0.394 e. The second kappa shape index (κ2) is 5.14. The Balaban J connectivity index is 2.32. The molecule has 2 N–H and O–H groups in total. The Morgan fingerprint density at radius 1 is 1.39 bits per heavy atom. The SMILES string of the molecule is C=Cc1cc([C@H]2C[C@H](O)[C@@H](CO)O2)c(F)cc1F. The number of hydrogen-bond acceptors (Lipinski definition) is 3. The molecule has 18 heavy (non-hydrogen) atoms. The molecule has 3 atom stereocenters. The van der Waals surface area contributed by atoms with Crippen LogP contribution in [0.1, 0.15) is 23.7 Å². The Morgan fingerprint density at radius 2 is 2.11 bits per heavy atom. The summed E-state index contributed by atoms with van der Waals surface area (Å²) < 4.78 is 32.3. The Bertz CT molecular complexity index is 462. The number of aliphatic hydroxyl groups is 2. The fourth-order valence-corrected chi connectivity index (χ4v) is 2.08. The summed E-state index contributed by atoms with van der Waals surface area (Å²) in [6.07, 6.45) is -0.808. The zero-order chi connectivity index (χ0) is 13.3. The molecule has 0 aliphatic carbocycles. The lowest BCUT2D eigenvalue weighted by Gasteiger charge is -2.14. The monoisotopic (exact) mass is 256 g/mol. The molecule has 1 fully saturated rings. The van der Waals surface area contributed by atoms with E-state index in [-0.39, 0.29) is 24.2 Å². The highest BCUT2D eigenvalue weighted by molar-refractivity contribution is 5.49. The lowest BCUT2D eigenvalue weighted by atomic mass is 10.0. The van der Waals surface area contributed by atoms with Crippen molar-refractivity contribution in [1.29, 1.82) is 0 Å². The minimum atomic E-state index is -0.850. The summed E-state index contributed by atoms with van der Waals surface area (Å²) in [5.74, 6) is -1.42. The molecule has 0 radical (unpaired) electrons. The minimum absolute atomic E-state index is 0.168. The Hall–Kier alpha value is -1.30. The second-order valence-electron chi connectivity index (χ2n) is 4.25. The van der Waals surface area contributed by atoms with E-state index >= 15 is 0 Å². The van der Waals surface area contributed by atoms with Gasteiger partial charge in [-0.25, -0.2) is 8.78 Å². The highest BCUT2D eigenvalue weighted by atomic mass is 19.1. The topological polar surface area (TPSA) is 49.7 Å². The van der Waals surface area contributed by atoms with Crippen LogP contribution in [0.3, 0.4) is 0 Å². The Labute approximate surface area is 103 Å². The van der Waals surface area contributed by atoms with Gasteiger partial charge in [0.15, 0.2) is 0 Å². The molecule has 1 aliphatic heterocycles. The summed E-state index contributed by atoms with van der Waals surface area (Å²) in [5.41, 5.74) is 0.346. The molecule has 98 valence electrons. The normalized spacial score (nSPS) is 27.4. The molecule has 1 aromatic rings. The first kappa shape index (κ1) is 13.1. The van der Waals surface area contributed by atoms with Gasteiger partial charge in [0, 0.05) is 23.6 Å². The van der Waals surface area contributed by atoms with Crippen LogP contribution >= 0.6 is 0 Å². The molecule has 3 nitrogen and oxygen atoms in total. The number of aliphatic hydroxyl groups excluding tert-OH is 2. The number of benzene rings is 1. The summed E-state index contributed by atoms with van der Waals surface area (Å²) in [6, 6.07) is 2.09. The van der Waals surface area contributed by atoms with Crippen molar-refractivity contribution in [2.24, 2.45) is 0 Å². The third-order valence-corrected chi connectivity index (χ3v) is 3.09. The van der Waals surface area contributed by atoms with E-state index in [9.17, 15) is 13.9 Å². The van der Waals surface area contributed by atoms with Crippen LogP contribution in [0, 0.1) is 11.6 Å². The van der Waals surface area contributed by atoms with Gasteiger partial charge in [-0.1, -0.05) is 12.7 Å². The van der Waals surface area contributed by atoms with Gasteiger partial charge in [0.05, 0.1) is 18.8 Å². The third kappa shape index (κ3) is 2.29. The van der Waals surface area contributed by atoms with Crippen LogP contribution in [0.4, 0.5) is 8.78 Å². The number of halogens is 2. The van der Waals surface area contributed by atoms with E-state index in [0.29, 0.717) is 0 Å². The van der Waals surface area contributed by atoms with Crippen molar-refractivity contribution in [1.82, 2.24) is 0 Å². The predicted molar refractivity (Wildman–Crippen MR) is 61.8 cm³/mol. The second-order valence-corrected chi connectivity index (χ2v) is 4.25. The molecule has 0 aromatic heterocycles. The molecular formula is C13H14F2O3. The maximum atomic E-state index is 13.7. The van der Waals surface area contributed by atoms with Crippen molar-refractivity contribution in [3.05, 3.63) is 41.5 Å². The van der Waals surface area contributed by atoms with Crippen LogP contribution in [0.5, 0.6) is 0 Å². The minimum Gasteiger partial charge on any atom is -0.394 e. The first-order chi connectivity index (χ1) is 8.56. The van der Waals surface area contributed by atoms with E-state index in [0.717, 1.165) is 6.07 Å². The van der Waals surface area contributed by atoms with Crippen LogP contribution in [0.25, 0.3) is 6.08 Å². The molecule has 1 heterocycles. The maximum absolute atomic E-state index is 13.7. The molecule has 2 rings (SSSR count). The van der Waals surface area contributed by atoms with E-state index in [1.165, 1.54) is 12.1 Å². The first-order valence-electron chi connectivity index (χ1n) is 5.62. The molecular weight excluding hydrogens is 242 g/mol. The molecule has 1 aromatic carbocycles. The van der Waals surface area contributed by atoms with Crippen LogP contribution in [-0.2, 0) is 4.74 Å². The fraction of sp³-hybridized carbons (Fsp3) is 0.385. The van der Waals surface area contributed by atoms with Crippen molar-refractivity contribution in [3.63, 3.8) is 0 Å². The van der Waals surface area contributed by atoms with Gasteiger partial charge in [-0.15, -0.1) is 0 Å². The lowest BCUT2D eigenvalue weighted by molar-refractivity contribution is -0.0233. The Morgan fingerprint density at radius 3 is 2.67 bits per heavy atom. The van der Waals surface area contributed by atoms with E-state index < -0.39 is 29.9 Å². The van der Waals surface area contributed by atoms with Gasteiger partial charge in [-0.2, -0.15) is 0 Å². The van der Waals surface area contributed by atoms with Gasteiger partial charge in [0.2, 0.25) is 0 Å². The highest BCUT2D eigenvalue weighted by Crippen LogP contribution is 2.35. The van der Waals surface area contributed by atoms with Crippen molar-refractivity contribution in [3.8, 4) is 0 Å². The van der Waals surface area contributed by atoms with Crippen molar-refractivity contribution in [2.75, 3.05) is 6.61 Å². The van der Waals surface area contributed by atoms with Crippen LogP contribution in [-0.4, -0.2) is 29.0 Å². The van der Waals surface area contributed by atoms with Gasteiger partial charge >= 0.3 is 0 Å². The van der Waals surface area contributed by atoms with Gasteiger partial charge in [-0.05, 0) is 6.07 Å². The summed E-state index contributed by atoms with van der Waals surface area (Å²) in [6.45, 7) is 3.10. The lowest BCUT2D eigenvalue weighted by Crippen LogP contribution is -2.24. The highest BCUT2D eigenvalue weighted by Gasteiger charge is 2.35. The van der Waals surface area contributed by atoms with Gasteiger partial charge < -0.3 is 14.9 Å². The number of ether oxygens (including phenoxy) is 1. The molecule has 0 amide bonds. The summed E-state index contributed by atoms with van der Waals surface area (Å²) in [4.78, 5) is 0. The molecule has 0 bridgehead atoms. The standard InChI is InChI=1S/C13H14F2O3/c1-2-7-3-8(10(15)4-9(7)14)12-5-11(17)13(6-16)18-12/h2-4,11-13,16-17H,1,5-6H2/t11-,12+,13+/m0/s1. The molecule has 1 saturated heterocycles. The van der Waals surface area contributed by atoms with E-state index in [2.05, 4.69) is 6.58 Å². The summed E-state index contributed by atoms with van der Waals surface area (Å²) in [5, 5.41) is 18.6. The first-order valence-corrected chi connectivity index (χ1v) is 5.62. The van der Waals surface area contributed by atoms with Crippen LogP contribution in [0.2, 0.25) is 0 Å². The van der Waals surface area contributed by atoms with Crippen LogP contribution < -0.4 is 0 Å². The predicted octanol–water partition coefficient (Wildman–Crippen LogP) is 1.79. The van der Waals surface area contributed by atoms with Crippen LogP contribution in [0.15, 0.2) is 18.7 Å². The van der Waals surface area contributed by atoms with Crippen molar-refractivity contribution < 1.29 is 23.7 Å². The maximum Gasteiger partial charge on any atom is 0.133 e. The van der Waals surface area contributed by atoms with Gasteiger partial charge in [0.1, 0.15) is 17.7 Å². The fourth-order valence-electron chi connectivity index (χ4n) is 2.08. The number of rotatable bonds is 3. The van der Waals surface area contributed by atoms with Crippen molar-refractivity contribution >= 4 is 6.08 Å². The third-order valence-electron chi connectivity index (χ3n) is 3.09. The molecule has 5 heteroatoms. The summed E-state index contributed by atoms with van der Waals surface area (Å²) >= 11 is 0. The smallest absolute Gasteiger partial charge is 0.133 e. The zero-order valence-corrected chi connectivity index (χ0v) is 9.64. The average Bonchev–Trinajstić information content (AvgIpc) is 2.70. The molecule has 0 spiro atoms. The van der Waals surface area contributed by atoms with Gasteiger partial charge in [-0.3, -0.25) is 0 Å². The number of hydrogen-bond donors (Lipinski definition) is 2. The zero-order valence-electron chi connectivity index (χ0n) is 9.64. The average molecular weight is 256 g/mol. The molecule has 0 saturated carbocycles. The van der Waals surface area contributed by atoms with Gasteiger partial charge in [0.25, 0.3) is 0 Å². The van der Waals surface area contributed by atoms with E-state index in [4.69, 9.17) is 9.84 Å². The van der Waals surface area contributed by atoms with Crippen molar-refractivity contribution in [2.45, 2.75) is 24.7 Å². The molecule has 1 aliphatic rings. The molecule has 0 unspecified atom stereocenters. The van der Waals surface area contributed by atoms with E-state index in [1.54, 1.807) is 0 Å². The summed E-state index contributed by atoms with van der Waals surface area (Å²) in [7, 11) is 0. The Kier molecular flexibility index (Phi) is 3.75.